The zero-order valence-corrected chi connectivity index (χ0v) is 12.5. The van der Waals surface area contributed by atoms with Crippen molar-refractivity contribution in [2.75, 3.05) is 38.4 Å². The Bertz CT molecular complexity index is 532. The maximum Gasteiger partial charge on any atom is 0.235 e. The molecule has 1 rings (SSSR count). The molecule has 0 radical (unpaired) electrons. The van der Waals surface area contributed by atoms with Crippen molar-refractivity contribution in [3.05, 3.63) is 17.2 Å². The maximum absolute atomic E-state index is 11.8. The monoisotopic (exact) mass is 309 g/mol. The summed E-state index contributed by atoms with van der Waals surface area (Å²) in [5.74, 6) is 0.510. The Kier molecular flexibility index (Phi) is 5.71. The minimum atomic E-state index is -3.52. The molecule has 0 saturated heterocycles. The van der Waals surface area contributed by atoms with E-state index in [0.29, 0.717) is 16.5 Å². The number of sulfonamides is 1. The maximum atomic E-state index is 11.8. The highest BCUT2D eigenvalue weighted by Gasteiger charge is 2.16. The van der Waals surface area contributed by atoms with E-state index in [1.165, 1.54) is 33.5 Å². The van der Waals surface area contributed by atoms with Gasteiger partial charge in [0.25, 0.3) is 0 Å². The molecule has 0 aliphatic heterocycles. The first kappa shape index (κ1) is 15.9. The molecule has 0 fully saturated rings. The molecule has 19 heavy (non-hydrogen) atoms. The Morgan fingerprint density at radius 1 is 1.16 bits per heavy atom. The quantitative estimate of drug-likeness (QED) is 0.830. The fourth-order valence-corrected chi connectivity index (χ4v) is 2.57. The third-order valence-electron chi connectivity index (χ3n) is 2.30. The summed E-state index contributed by atoms with van der Waals surface area (Å²) in [7, 11) is 0.774. The van der Waals surface area contributed by atoms with Gasteiger partial charge in [0.2, 0.25) is 10.0 Å². The molecular formula is C11H16ClNO5S. The van der Waals surface area contributed by atoms with Crippen molar-refractivity contribution in [1.82, 2.24) is 0 Å². The molecule has 0 saturated carbocycles. The molecule has 108 valence electrons. The second-order valence-electron chi connectivity index (χ2n) is 3.60. The Balaban J connectivity index is 3.05. The van der Waals surface area contributed by atoms with Crippen LogP contribution in [-0.2, 0) is 14.8 Å². The smallest absolute Gasteiger partial charge is 0.235 e. The fourth-order valence-electron chi connectivity index (χ4n) is 1.35. The summed E-state index contributed by atoms with van der Waals surface area (Å²) in [5.41, 5.74) is 0.264. The SMILES string of the molecule is COCCS(=O)(=O)Nc1cc(OC)c(Cl)cc1OC. The first-order valence-electron chi connectivity index (χ1n) is 5.34. The number of ether oxygens (including phenoxy) is 3. The van der Waals surface area contributed by atoms with Crippen LogP contribution in [0.4, 0.5) is 5.69 Å². The highest BCUT2D eigenvalue weighted by Crippen LogP contribution is 2.36. The molecule has 1 aromatic carbocycles. The highest BCUT2D eigenvalue weighted by molar-refractivity contribution is 7.92. The fraction of sp³-hybridized carbons (Fsp3) is 0.455. The molecular weight excluding hydrogens is 294 g/mol. The highest BCUT2D eigenvalue weighted by atomic mass is 35.5. The van der Waals surface area contributed by atoms with Gasteiger partial charge >= 0.3 is 0 Å². The summed E-state index contributed by atoms with van der Waals surface area (Å²) >= 11 is 5.93. The second kappa shape index (κ2) is 6.83. The van der Waals surface area contributed by atoms with Crippen LogP contribution < -0.4 is 14.2 Å². The Hall–Kier alpha value is -1.18. The Morgan fingerprint density at radius 2 is 1.79 bits per heavy atom. The zero-order valence-electron chi connectivity index (χ0n) is 10.9. The van der Waals surface area contributed by atoms with E-state index in [0.717, 1.165) is 0 Å². The van der Waals surface area contributed by atoms with E-state index in [9.17, 15) is 8.42 Å². The van der Waals surface area contributed by atoms with E-state index in [1.807, 2.05) is 0 Å². The van der Waals surface area contributed by atoms with Crippen molar-refractivity contribution >= 4 is 27.3 Å². The molecule has 0 aliphatic carbocycles. The number of benzene rings is 1. The van der Waals surface area contributed by atoms with Gasteiger partial charge in [-0.3, -0.25) is 4.72 Å². The summed E-state index contributed by atoms with van der Waals surface area (Å²) in [5, 5.41) is 0.333. The van der Waals surface area contributed by atoms with Crippen LogP contribution in [0.15, 0.2) is 12.1 Å². The van der Waals surface area contributed by atoms with Crippen LogP contribution in [0.5, 0.6) is 11.5 Å². The van der Waals surface area contributed by atoms with Gasteiger partial charge in [-0.25, -0.2) is 8.42 Å². The van der Waals surface area contributed by atoms with Gasteiger partial charge in [0.1, 0.15) is 11.5 Å². The van der Waals surface area contributed by atoms with E-state index in [4.69, 9.17) is 25.8 Å². The predicted molar refractivity (Wildman–Crippen MR) is 73.8 cm³/mol. The molecule has 8 heteroatoms. The zero-order chi connectivity index (χ0) is 14.5. The van der Waals surface area contributed by atoms with Crippen LogP contribution >= 0.6 is 11.6 Å². The number of hydrogen-bond acceptors (Lipinski definition) is 5. The standard InChI is InChI=1S/C11H16ClNO5S/c1-16-4-5-19(14,15)13-9-7-10(17-2)8(12)6-11(9)18-3/h6-7,13H,4-5H2,1-3H3. The van der Waals surface area contributed by atoms with E-state index in [1.54, 1.807) is 0 Å². The van der Waals surface area contributed by atoms with Gasteiger partial charge < -0.3 is 14.2 Å². The van der Waals surface area contributed by atoms with Crippen molar-refractivity contribution in [3.8, 4) is 11.5 Å². The molecule has 0 unspecified atom stereocenters. The van der Waals surface area contributed by atoms with Crippen molar-refractivity contribution in [2.24, 2.45) is 0 Å². The number of rotatable bonds is 7. The van der Waals surface area contributed by atoms with E-state index in [2.05, 4.69) is 4.72 Å². The van der Waals surface area contributed by atoms with Gasteiger partial charge in [-0.05, 0) is 0 Å². The molecule has 0 aromatic heterocycles. The van der Waals surface area contributed by atoms with Crippen molar-refractivity contribution in [2.45, 2.75) is 0 Å². The minimum absolute atomic E-state index is 0.0996. The molecule has 1 N–H and O–H groups in total. The van der Waals surface area contributed by atoms with Gasteiger partial charge in [-0.1, -0.05) is 11.6 Å². The van der Waals surface area contributed by atoms with Crippen LogP contribution in [0, 0.1) is 0 Å². The summed E-state index contributed by atoms with van der Waals surface area (Å²) in [4.78, 5) is 0. The summed E-state index contributed by atoms with van der Waals surface area (Å²) in [6.07, 6.45) is 0. The topological polar surface area (TPSA) is 73.9 Å². The largest absolute Gasteiger partial charge is 0.495 e. The van der Waals surface area contributed by atoms with Crippen LogP contribution in [0.1, 0.15) is 0 Å². The normalized spacial score (nSPS) is 11.2. The van der Waals surface area contributed by atoms with Crippen molar-refractivity contribution in [3.63, 3.8) is 0 Å². The van der Waals surface area contributed by atoms with Crippen LogP contribution in [0.2, 0.25) is 5.02 Å². The van der Waals surface area contributed by atoms with Crippen LogP contribution in [0.3, 0.4) is 0 Å². The van der Waals surface area contributed by atoms with Crippen LogP contribution in [0.25, 0.3) is 0 Å². The molecule has 0 spiro atoms. The minimum Gasteiger partial charge on any atom is -0.495 e. The molecule has 0 amide bonds. The van der Waals surface area contributed by atoms with Crippen molar-refractivity contribution in [1.29, 1.82) is 0 Å². The Morgan fingerprint density at radius 3 is 2.32 bits per heavy atom. The predicted octanol–water partition coefficient (Wildman–Crippen LogP) is 1.75. The number of methoxy groups -OCH3 is 3. The van der Waals surface area contributed by atoms with E-state index < -0.39 is 10.0 Å². The lowest BCUT2D eigenvalue weighted by Crippen LogP contribution is -2.20. The average Bonchev–Trinajstić information content (AvgIpc) is 2.37. The third-order valence-corrected chi connectivity index (χ3v) is 3.83. The summed E-state index contributed by atoms with van der Waals surface area (Å²) < 4.78 is 40.8. The lowest BCUT2D eigenvalue weighted by atomic mass is 10.3. The van der Waals surface area contributed by atoms with Crippen molar-refractivity contribution < 1.29 is 22.6 Å². The molecule has 0 aliphatic rings. The second-order valence-corrected chi connectivity index (χ2v) is 5.85. The van der Waals surface area contributed by atoms with Gasteiger partial charge in [0.15, 0.2) is 0 Å². The van der Waals surface area contributed by atoms with E-state index >= 15 is 0 Å². The van der Waals surface area contributed by atoms with E-state index in [-0.39, 0.29) is 18.0 Å². The van der Waals surface area contributed by atoms with Gasteiger partial charge in [0.05, 0.1) is 37.3 Å². The first-order chi connectivity index (χ1) is 8.93. The number of halogens is 1. The van der Waals surface area contributed by atoms with Gasteiger partial charge in [-0.15, -0.1) is 0 Å². The molecule has 6 nitrogen and oxygen atoms in total. The third kappa shape index (κ3) is 4.45. The molecule has 0 atom stereocenters. The average molecular weight is 310 g/mol. The lowest BCUT2D eigenvalue weighted by Gasteiger charge is -2.14. The van der Waals surface area contributed by atoms with Gasteiger partial charge in [-0.2, -0.15) is 0 Å². The number of nitrogens with one attached hydrogen (secondary N) is 1. The molecule has 0 bridgehead atoms. The summed E-state index contributed by atoms with van der Waals surface area (Å²) in [6.45, 7) is 0.0996. The first-order valence-corrected chi connectivity index (χ1v) is 7.37. The number of anilines is 1. The number of hydrogen-bond donors (Lipinski definition) is 1. The lowest BCUT2D eigenvalue weighted by molar-refractivity contribution is 0.217. The molecule has 1 aromatic rings. The molecule has 0 heterocycles. The van der Waals surface area contributed by atoms with Gasteiger partial charge in [0, 0.05) is 19.2 Å². The Labute approximate surface area is 117 Å². The van der Waals surface area contributed by atoms with Crippen LogP contribution in [-0.4, -0.2) is 42.1 Å². The summed E-state index contributed by atoms with van der Waals surface area (Å²) in [6, 6.07) is 2.94.